The van der Waals surface area contributed by atoms with Crippen LogP contribution >= 0.6 is 11.6 Å². The van der Waals surface area contributed by atoms with E-state index in [9.17, 15) is 4.79 Å². The number of methoxy groups -OCH3 is 1. The molecule has 86 valence electrons. The first kappa shape index (κ1) is 11.4. The van der Waals surface area contributed by atoms with Crippen LogP contribution in [0, 0.1) is 0 Å². The molecule has 1 N–H and O–H groups in total. The van der Waals surface area contributed by atoms with Crippen LogP contribution in [-0.4, -0.2) is 29.3 Å². The maximum Gasteiger partial charge on any atom is 0.333 e. The number of carbonyl (C=O) groups is 1. The zero-order chi connectivity index (χ0) is 11.8. The Morgan fingerprint density at radius 2 is 2.38 bits per heavy atom. The van der Waals surface area contributed by atoms with Crippen molar-refractivity contribution in [1.29, 1.82) is 0 Å². The molecule has 0 aromatic carbocycles. The molecule has 0 spiro atoms. The van der Waals surface area contributed by atoms with Crippen LogP contribution in [0.3, 0.4) is 0 Å². The molecule has 1 unspecified atom stereocenters. The van der Waals surface area contributed by atoms with Crippen molar-refractivity contribution in [3.05, 3.63) is 29.0 Å². The molecule has 1 heterocycles. The van der Waals surface area contributed by atoms with Crippen LogP contribution in [0.5, 0.6) is 0 Å². The minimum absolute atomic E-state index is 0.472. The van der Waals surface area contributed by atoms with Crippen LogP contribution in [0.15, 0.2) is 18.5 Å². The molecule has 0 saturated heterocycles. The summed E-state index contributed by atoms with van der Waals surface area (Å²) in [5.74, 6) is -0.951. The molecule has 1 aliphatic carbocycles. The molecule has 0 bridgehead atoms. The number of nitrogens with zero attached hydrogens (tertiary/aromatic N) is 1. The van der Waals surface area contributed by atoms with Crippen molar-refractivity contribution in [2.75, 3.05) is 7.11 Å². The number of hydrogen-bond acceptors (Lipinski definition) is 3. The van der Waals surface area contributed by atoms with Crippen molar-refractivity contribution >= 4 is 17.6 Å². The van der Waals surface area contributed by atoms with E-state index in [0.717, 1.165) is 18.4 Å². The van der Waals surface area contributed by atoms with Crippen LogP contribution in [-0.2, 0) is 14.9 Å². The van der Waals surface area contributed by atoms with Crippen molar-refractivity contribution in [2.45, 2.75) is 24.4 Å². The van der Waals surface area contributed by atoms with Gasteiger partial charge in [-0.15, -0.1) is 0 Å². The van der Waals surface area contributed by atoms with E-state index < -0.39 is 17.5 Å². The van der Waals surface area contributed by atoms with Gasteiger partial charge in [-0.2, -0.15) is 0 Å². The number of rotatable bonds is 4. The molecule has 16 heavy (non-hydrogen) atoms. The number of aromatic nitrogens is 1. The van der Waals surface area contributed by atoms with Gasteiger partial charge in [-0.3, -0.25) is 4.98 Å². The normalized spacial score (nSPS) is 19.1. The monoisotopic (exact) mass is 241 g/mol. The number of carboxylic acid groups (broad SMARTS) is 1. The lowest BCUT2D eigenvalue weighted by molar-refractivity contribution is -0.150. The smallest absolute Gasteiger partial charge is 0.333 e. The third kappa shape index (κ3) is 1.68. The second kappa shape index (κ2) is 4.03. The van der Waals surface area contributed by atoms with Gasteiger partial charge in [0.2, 0.25) is 0 Å². The van der Waals surface area contributed by atoms with Gasteiger partial charge in [0, 0.05) is 24.9 Å². The summed E-state index contributed by atoms with van der Waals surface area (Å²) in [7, 11) is 1.41. The summed E-state index contributed by atoms with van der Waals surface area (Å²) in [5.41, 5.74) is 0.346. The summed E-state index contributed by atoms with van der Waals surface area (Å²) in [6.07, 6.45) is 3.87. The fraction of sp³-hybridized carbons (Fsp3) is 0.455. The predicted octanol–water partition coefficient (Wildman–Crippen LogP) is 1.87. The molecule has 0 aliphatic heterocycles. The molecule has 1 aromatic heterocycles. The lowest BCUT2D eigenvalue weighted by Crippen LogP contribution is -2.36. The van der Waals surface area contributed by atoms with Gasteiger partial charge in [0.15, 0.2) is 6.10 Å². The molecule has 1 fully saturated rings. The molecule has 0 radical (unpaired) electrons. The van der Waals surface area contributed by atoms with Crippen LogP contribution in [0.4, 0.5) is 0 Å². The van der Waals surface area contributed by atoms with Gasteiger partial charge in [-0.05, 0) is 24.5 Å². The van der Waals surface area contributed by atoms with Crippen LogP contribution in [0.1, 0.15) is 18.4 Å². The Hall–Kier alpha value is -1.13. The van der Waals surface area contributed by atoms with E-state index in [1.54, 1.807) is 12.3 Å². The molecule has 2 rings (SSSR count). The standard InChI is InChI=1S/C11H12ClNO3/c1-16-9(10(14)15)11(3-4-11)7-2-5-13-6-8(7)12/h2,5-6,9H,3-4H2,1H3,(H,14,15). The van der Waals surface area contributed by atoms with Crippen LogP contribution in [0.25, 0.3) is 0 Å². The van der Waals surface area contributed by atoms with E-state index in [0.29, 0.717) is 5.02 Å². The van der Waals surface area contributed by atoms with Crippen molar-refractivity contribution in [3.8, 4) is 0 Å². The minimum Gasteiger partial charge on any atom is -0.479 e. The molecule has 1 aliphatic rings. The van der Waals surface area contributed by atoms with Gasteiger partial charge in [0.25, 0.3) is 0 Å². The van der Waals surface area contributed by atoms with E-state index in [1.165, 1.54) is 13.3 Å². The van der Waals surface area contributed by atoms with E-state index in [1.807, 2.05) is 0 Å². The van der Waals surface area contributed by atoms with Gasteiger partial charge < -0.3 is 9.84 Å². The minimum atomic E-state index is -0.951. The number of hydrogen-bond donors (Lipinski definition) is 1. The first-order chi connectivity index (χ1) is 7.62. The summed E-state index contributed by atoms with van der Waals surface area (Å²) < 4.78 is 5.07. The molecule has 0 amide bonds. The Labute approximate surface area is 98.2 Å². The largest absolute Gasteiger partial charge is 0.479 e. The lowest BCUT2D eigenvalue weighted by atomic mass is 9.90. The number of carboxylic acids is 1. The maximum atomic E-state index is 11.1. The van der Waals surface area contributed by atoms with E-state index in [4.69, 9.17) is 21.4 Å². The highest BCUT2D eigenvalue weighted by Crippen LogP contribution is 2.53. The molecule has 1 atom stereocenters. The van der Waals surface area contributed by atoms with Gasteiger partial charge in [-0.1, -0.05) is 11.6 Å². The Kier molecular flexibility index (Phi) is 2.86. The van der Waals surface area contributed by atoms with E-state index in [2.05, 4.69) is 4.98 Å². The third-order valence-electron chi connectivity index (χ3n) is 3.06. The summed E-state index contributed by atoms with van der Waals surface area (Å²) >= 11 is 6.04. The first-order valence-corrected chi connectivity index (χ1v) is 5.35. The lowest BCUT2D eigenvalue weighted by Gasteiger charge is -2.23. The highest BCUT2D eigenvalue weighted by atomic mass is 35.5. The fourth-order valence-corrected chi connectivity index (χ4v) is 2.46. The third-order valence-corrected chi connectivity index (χ3v) is 3.36. The Morgan fingerprint density at radius 3 is 2.81 bits per heavy atom. The second-order valence-corrected chi connectivity index (χ2v) is 4.37. The van der Waals surface area contributed by atoms with Crippen molar-refractivity contribution in [2.24, 2.45) is 0 Å². The highest BCUT2D eigenvalue weighted by molar-refractivity contribution is 6.31. The summed E-state index contributed by atoms with van der Waals surface area (Å²) in [6, 6.07) is 1.77. The zero-order valence-corrected chi connectivity index (χ0v) is 9.57. The average Bonchev–Trinajstić information content (AvgIpc) is 3.00. The molecule has 1 saturated carbocycles. The molecular weight excluding hydrogens is 230 g/mol. The van der Waals surface area contributed by atoms with Crippen LogP contribution in [0.2, 0.25) is 5.02 Å². The van der Waals surface area contributed by atoms with Crippen molar-refractivity contribution < 1.29 is 14.6 Å². The molecule has 4 nitrogen and oxygen atoms in total. The molecule has 1 aromatic rings. The topological polar surface area (TPSA) is 59.4 Å². The first-order valence-electron chi connectivity index (χ1n) is 4.97. The quantitative estimate of drug-likeness (QED) is 0.874. The zero-order valence-electron chi connectivity index (χ0n) is 8.81. The molecular formula is C11H12ClNO3. The number of ether oxygens (including phenoxy) is 1. The summed E-state index contributed by atoms with van der Waals surface area (Å²) in [4.78, 5) is 15.0. The number of halogens is 1. The summed E-state index contributed by atoms with van der Waals surface area (Å²) in [6.45, 7) is 0. The summed E-state index contributed by atoms with van der Waals surface area (Å²) in [5, 5.41) is 9.62. The average molecular weight is 242 g/mol. The van der Waals surface area contributed by atoms with Crippen molar-refractivity contribution in [3.63, 3.8) is 0 Å². The van der Waals surface area contributed by atoms with Gasteiger partial charge in [0.1, 0.15) is 0 Å². The van der Waals surface area contributed by atoms with Crippen molar-refractivity contribution in [1.82, 2.24) is 4.98 Å². The predicted molar refractivity (Wildman–Crippen MR) is 58.6 cm³/mol. The molecule has 5 heteroatoms. The number of pyridine rings is 1. The Balaban J connectivity index is 2.39. The second-order valence-electron chi connectivity index (χ2n) is 3.97. The fourth-order valence-electron chi connectivity index (χ4n) is 2.15. The highest BCUT2D eigenvalue weighted by Gasteiger charge is 2.55. The Morgan fingerprint density at radius 1 is 1.69 bits per heavy atom. The van der Waals surface area contributed by atoms with Gasteiger partial charge in [-0.25, -0.2) is 4.79 Å². The van der Waals surface area contributed by atoms with Gasteiger partial charge >= 0.3 is 5.97 Å². The van der Waals surface area contributed by atoms with Crippen LogP contribution < -0.4 is 0 Å². The van der Waals surface area contributed by atoms with Gasteiger partial charge in [0.05, 0.1) is 5.02 Å². The van der Waals surface area contributed by atoms with E-state index >= 15 is 0 Å². The van der Waals surface area contributed by atoms with E-state index in [-0.39, 0.29) is 0 Å². The number of aliphatic carboxylic acids is 1. The maximum absolute atomic E-state index is 11.1. The SMILES string of the molecule is COC(C(=O)O)C1(c2ccncc2Cl)CC1. The Bertz CT molecular complexity index is 417.